The minimum Gasteiger partial charge on any atom is -0.268 e. The quantitative estimate of drug-likeness (QED) is 0.634. The first-order valence-corrected chi connectivity index (χ1v) is 4.63. The van der Waals surface area contributed by atoms with E-state index in [1.807, 2.05) is 13.8 Å². The Hall–Kier alpha value is -0.730. The van der Waals surface area contributed by atoms with E-state index in [0.29, 0.717) is 12.8 Å². The zero-order valence-electron chi connectivity index (χ0n) is 9.18. The van der Waals surface area contributed by atoms with Crippen molar-refractivity contribution in [3.8, 4) is 0 Å². The van der Waals surface area contributed by atoms with E-state index in [0.717, 1.165) is 0 Å². The number of nitrogens with zero attached hydrogens (tertiary/aromatic N) is 1. The van der Waals surface area contributed by atoms with E-state index >= 15 is 0 Å². The van der Waals surface area contributed by atoms with Crippen molar-refractivity contribution in [1.82, 2.24) is 0 Å². The van der Waals surface area contributed by atoms with E-state index in [9.17, 15) is 9.70 Å². The maximum Gasteiger partial charge on any atom is 0.292 e. The maximum atomic E-state index is 11.3. The second kappa shape index (κ2) is 3.99. The summed E-state index contributed by atoms with van der Waals surface area (Å²) >= 11 is 0. The van der Waals surface area contributed by atoms with Crippen molar-refractivity contribution in [1.29, 1.82) is 0 Å². The molecule has 0 N–H and O–H groups in total. The predicted octanol–water partition coefficient (Wildman–Crippen LogP) is 3.13. The monoisotopic (exact) mass is 185 g/mol. The van der Waals surface area contributed by atoms with Crippen LogP contribution in [-0.2, 0) is 4.79 Å². The highest BCUT2D eigenvalue weighted by atomic mass is 16.3. The van der Waals surface area contributed by atoms with Crippen molar-refractivity contribution in [3.05, 3.63) is 4.91 Å². The molecule has 0 aliphatic rings. The Morgan fingerprint density at radius 3 is 1.92 bits per heavy atom. The lowest BCUT2D eigenvalue weighted by Gasteiger charge is -2.30. The Labute approximate surface area is 79.9 Å². The van der Waals surface area contributed by atoms with Crippen LogP contribution >= 0.6 is 0 Å². The third-order valence-electron chi connectivity index (χ3n) is 2.30. The van der Waals surface area contributed by atoms with Gasteiger partial charge in [0.1, 0.15) is 0 Å². The fourth-order valence-electron chi connectivity index (χ4n) is 1.63. The van der Waals surface area contributed by atoms with E-state index in [2.05, 4.69) is 25.9 Å². The summed E-state index contributed by atoms with van der Waals surface area (Å²) in [4.78, 5) is 21.5. The standard InChI is InChI=1S/C10H19NO2/c1-6-10(5,8(12)11-13)7-9(2,3)4/h6-7H2,1-5H3. The molecule has 0 saturated carbocycles. The summed E-state index contributed by atoms with van der Waals surface area (Å²) in [5.74, 6) is -0.523. The number of hydrogen-bond donors (Lipinski definition) is 0. The molecule has 3 nitrogen and oxygen atoms in total. The van der Waals surface area contributed by atoms with Crippen molar-refractivity contribution in [2.45, 2.75) is 47.5 Å². The highest BCUT2D eigenvalue weighted by molar-refractivity contribution is 5.82. The molecule has 0 aliphatic heterocycles. The summed E-state index contributed by atoms with van der Waals surface area (Å²) in [5.41, 5.74) is -0.537. The van der Waals surface area contributed by atoms with Crippen molar-refractivity contribution in [2.75, 3.05) is 0 Å². The SMILES string of the molecule is CCC(C)(CC(C)(C)C)C(=O)N=O. The molecule has 76 valence electrons. The fraction of sp³-hybridized carbons (Fsp3) is 0.900. The van der Waals surface area contributed by atoms with E-state index in [-0.39, 0.29) is 5.41 Å². The largest absolute Gasteiger partial charge is 0.292 e. The molecule has 0 spiro atoms. The molecule has 0 aromatic rings. The zero-order chi connectivity index (χ0) is 10.7. The number of carbonyl (C=O) groups is 1. The number of carbonyl (C=O) groups excluding carboxylic acids is 1. The van der Waals surface area contributed by atoms with E-state index in [1.165, 1.54) is 0 Å². The summed E-state index contributed by atoms with van der Waals surface area (Å²) in [6, 6.07) is 0. The third kappa shape index (κ3) is 3.66. The van der Waals surface area contributed by atoms with Crippen LogP contribution in [0.3, 0.4) is 0 Å². The van der Waals surface area contributed by atoms with Gasteiger partial charge in [-0.05, 0) is 18.3 Å². The second-order valence-corrected chi connectivity index (χ2v) is 5.05. The molecule has 0 fully saturated rings. The first-order valence-electron chi connectivity index (χ1n) is 4.63. The van der Waals surface area contributed by atoms with Crippen molar-refractivity contribution < 1.29 is 4.79 Å². The number of nitroso groups, excluding NO2 is 1. The molecule has 0 aromatic heterocycles. The minimum absolute atomic E-state index is 0.0467. The number of hydrogen-bond acceptors (Lipinski definition) is 2. The smallest absolute Gasteiger partial charge is 0.268 e. The van der Waals surface area contributed by atoms with Gasteiger partial charge in [0.05, 0.1) is 5.41 Å². The predicted molar refractivity (Wildman–Crippen MR) is 53.3 cm³/mol. The normalized spacial score (nSPS) is 16.4. The molecule has 1 amide bonds. The Bertz CT molecular complexity index is 205. The van der Waals surface area contributed by atoms with Gasteiger partial charge in [-0.25, -0.2) is 0 Å². The Kier molecular flexibility index (Phi) is 3.76. The first-order chi connectivity index (χ1) is 5.75. The number of rotatable bonds is 3. The van der Waals surface area contributed by atoms with Crippen LogP contribution in [0.5, 0.6) is 0 Å². The van der Waals surface area contributed by atoms with Crippen LogP contribution in [-0.4, -0.2) is 5.91 Å². The highest BCUT2D eigenvalue weighted by Gasteiger charge is 2.36. The average molecular weight is 185 g/mol. The summed E-state index contributed by atoms with van der Waals surface area (Å²) < 4.78 is 0. The van der Waals surface area contributed by atoms with Crippen LogP contribution in [0.4, 0.5) is 0 Å². The molecular weight excluding hydrogens is 166 g/mol. The van der Waals surface area contributed by atoms with Crippen LogP contribution in [0.1, 0.15) is 47.5 Å². The van der Waals surface area contributed by atoms with Gasteiger partial charge in [0.2, 0.25) is 0 Å². The fourth-order valence-corrected chi connectivity index (χ4v) is 1.63. The van der Waals surface area contributed by atoms with Gasteiger partial charge in [-0.2, -0.15) is 0 Å². The molecule has 0 heterocycles. The van der Waals surface area contributed by atoms with Crippen LogP contribution in [0.15, 0.2) is 5.18 Å². The highest BCUT2D eigenvalue weighted by Crippen LogP contribution is 2.37. The minimum atomic E-state index is -0.583. The summed E-state index contributed by atoms with van der Waals surface area (Å²) in [7, 11) is 0. The van der Waals surface area contributed by atoms with Crippen molar-refractivity contribution >= 4 is 5.91 Å². The lowest BCUT2D eigenvalue weighted by molar-refractivity contribution is -0.128. The summed E-state index contributed by atoms with van der Waals surface area (Å²) in [5, 5.41) is 2.53. The summed E-state index contributed by atoms with van der Waals surface area (Å²) in [6.07, 6.45) is 1.36. The molecule has 13 heavy (non-hydrogen) atoms. The molecule has 0 aliphatic carbocycles. The van der Waals surface area contributed by atoms with Crippen molar-refractivity contribution in [3.63, 3.8) is 0 Å². The van der Waals surface area contributed by atoms with Gasteiger partial charge in [-0.15, -0.1) is 4.91 Å². The molecule has 0 bridgehead atoms. The third-order valence-corrected chi connectivity index (χ3v) is 2.30. The Morgan fingerprint density at radius 2 is 1.69 bits per heavy atom. The van der Waals surface area contributed by atoms with Gasteiger partial charge in [0.15, 0.2) is 0 Å². The van der Waals surface area contributed by atoms with Crippen LogP contribution in [0.25, 0.3) is 0 Å². The molecule has 3 heteroatoms. The number of amides is 1. The van der Waals surface area contributed by atoms with Gasteiger partial charge < -0.3 is 0 Å². The maximum absolute atomic E-state index is 11.3. The lowest BCUT2D eigenvalue weighted by Crippen LogP contribution is -2.30. The summed E-state index contributed by atoms with van der Waals surface area (Å²) in [6.45, 7) is 9.88. The van der Waals surface area contributed by atoms with Gasteiger partial charge in [0, 0.05) is 5.18 Å². The Morgan fingerprint density at radius 1 is 1.23 bits per heavy atom. The second-order valence-electron chi connectivity index (χ2n) is 5.05. The van der Waals surface area contributed by atoms with Gasteiger partial charge in [0.25, 0.3) is 5.91 Å². The van der Waals surface area contributed by atoms with Gasteiger partial charge in [-0.3, -0.25) is 4.79 Å². The molecule has 1 unspecified atom stereocenters. The van der Waals surface area contributed by atoms with Crippen LogP contribution in [0, 0.1) is 15.7 Å². The van der Waals surface area contributed by atoms with Crippen molar-refractivity contribution in [2.24, 2.45) is 16.0 Å². The molecular formula is C10H19NO2. The molecule has 1 atom stereocenters. The van der Waals surface area contributed by atoms with E-state index in [1.54, 1.807) is 0 Å². The van der Waals surface area contributed by atoms with E-state index < -0.39 is 11.3 Å². The molecule has 0 aromatic carbocycles. The molecule has 0 rings (SSSR count). The van der Waals surface area contributed by atoms with E-state index in [4.69, 9.17) is 0 Å². The lowest BCUT2D eigenvalue weighted by atomic mass is 9.73. The van der Waals surface area contributed by atoms with Gasteiger partial charge in [-0.1, -0.05) is 34.6 Å². The topological polar surface area (TPSA) is 46.5 Å². The zero-order valence-corrected chi connectivity index (χ0v) is 9.18. The van der Waals surface area contributed by atoms with Gasteiger partial charge >= 0.3 is 0 Å². The van der Waals surface area contributed by atoms with Crippen LogP contribution < -0.4 is 0 Å². The Balaban J connectivity index is 4.65. The average Bonchev–Trinajstić information content (AvgIpc) is 1.99. The van der Waals surface area contributed by atoms with Crippen LogP contribution in [0.2, 0.25) is 0 Å². The molecule has 0 saturated heterocycles. The first kappa shape index (κ1) is 12.3. The molecule has 0 radical (unpaired) electrons.